The van der Waals surface area contributed by atoms with Gasteiger partial charge in [-0.15, -0.1) is 0 Å². The largest absolute Gasteiger partial charge is 0.484 e. The molecule has 0 bridgehead atoms. The molecule has 0 aliphatic heterocycles. The van der Waals surface area contributed by atoms with Gasteiger partial charge in [0, 0.05) is 37.6 Å². The maximum atomic E-state index is 12.5. The number of halogens is 3. The van der Waals surface area contributed by atoms with E-state index in [4.69, 9.17) is 4.74 Å². The Balaban J connectivity index is 2.00. The molecule has 0 unspecified atom stereocenters. The number of rotatable bonds is 8. The molecule has 0 aliphatic rings. The summed E-state index contributed by atoms with van der Waals surface area (Å²) in [5, 5.41) is 6.30. The summed E-state index contributed by atoms with van der Waals surface area (Å²) in [5.74, 6) is 0.783. The highest BCUT2D eigenvalue weighted by molar-refractivity contribution is 5.79. The van der Waals surface area contributed by atoms with Gasteiger partial charge in [-0.05, 0) is 25.5 Å². The Morgan fingerprint density at radius 2 is 2.11 bits per heavy atom. The molecule has 2 N–H and O–H groups in total. The van der Waals surface area contributed by atoms with E-state index in [0.29, 0.717) is 24.6 Å². The molecule has 148 valence electrons. The van der Waals surface area contributed by atoms with Crippen molar-refractivity contribution in [1.82, 2.24) is 20.2 Å². The number of aromatic nitrogens is 2. The van der Waals surface area contributed by atoms with E-state index in [9.17, 15) is 13.2 Å². The maximum absolute atomic E-state index is 12.5. The zero-order valence-corrected chi connectivity index (χ0v) is 15.4. The van der Waals surface area contributed by atoms with Crippen LogP contribution in [0.4, 0.5) is 13.2 Å². The van der Waals surface area contributed by atoms with Crippen molar-refractivity contribution < 1.29 is 17.9 Å². The van der Waals surface area contributed by atoms with E-state index < -0.39 is 12.8 Å². The number of aryl methyl sites for hydroxylation is 1. The van der Waals surface area contributed by atoms with Crippen molar-refractivity contribution in [3.8, 4) is 5.75 Å². The first kappa shape index (κ1) is 20.6. The van der Waals surface area contributed by atoms with Crippen LogP contribution in [-0.2, 0) is 13.1 Å². The first-order valence-electron chi connectivity index (χ1n) is 8.64. The number of aliphatic imine (C=N–C) groups is 1. The number of nitrogens with one attached hydrogen (secondary N) is 2. The molecule has 0 atom stereocenters. The maximum Gasteiger partial charge on any atom is 0.422 e. The third-order valence-corrected chi connectivity index (χ3v) is 3.59. The van der Waals surface area contributed by atoms with Gasteiger partial charge in [-0.2, -0.15) is 13.2 Å². The predicted molar refractivity (Wildman–Crippen MR) is 97.8 cm³/mol. The fraction of sp³-hybridized carbons (Fsp3) is 0.444. The minimum absolute atomic E-state index is 0.199. The summed E-state index contributed by atoms with van der Waals surface area (Å²) in [6.45, 7) is 4.64. The number of ether oxygens (including phenoxy) is 1. The summed E-state index contributed by atoms with van der Waals surface area (Å²) < 4.78 is 44.3. The highest BCUT2D eigenvalue weighted by Gasteiger charge is 2.28. The molecule has 2 aromatic rings. The second-order valence-corrected chi connectivity index (χ2v) is 5.94. The van der Waals surface area contributed by atoms with Crippen LogP contribution in [0.25, 0.3) is 0 Å². The molecule has 0 fully saturated rings. The zero-order valence-electron chi connectivity index (χ0n) is 15.4. The Kier molecular flexibility index (Phi) is 7.51. The van der Waals surface area contributed by atoms with Gasteiger partial charge in [0.25, 0.3) is 0 Å². The predicted octanol–water partition coefficient (Wildman–Crippen LogP) is 2.89. The lowest BCUT2D eigenvalue weighted by Gasteiger charge is -2.14. The monoisotopic (exact) mass is 383 g/mol. The van der Waals surface area contributed by atoms with E-state index >= 15 is 0 Å². The smallest absolute Gasteiger partial charge is 0.422 e. The molecule has 0 spiro atoms. The number of guanidine groups is 1. The van der Waals surface area contributed by atoms with Gasteiger partial charge in [0.2, 0.25) is 0 Å². The fourth-order valence-electron chi connectivity index (χ4n) is 2.31. The lowest BCUT2D eigenvalue weighted by Crippen LogP contribution is -2.38. The molecular weight excluding hydrogens is 359 g/mol. The van der Waals surface area contributed by atoms with Gasteiger partial charge in [-0.1, -0.05) is 12.1 Å². The molecule has 0 radical (unpaired) electrons. The van der Waals surface area contributed by atoms with Crippen LogP contribution in [0.3, 0.4) is 0 Å². The topological polar surface area (TPSA) is 63.5 Å². The van der Waals surface area contributed by atoms with Crippen LogP contribution >= 0.6 is 0 Å². The molecule has 0 aliphatic carbocycles. The first-order valence-corrected chi connectivity index (χ1v) is 8.64. The van der Waals surface area contributed by atoms with E-state index in [2.05, 4.69) is 20.6 Å². The Hall–Kier alpha value is -2.71. The van der Waals surface area contributed by atoms with Gasteiger partial charge < -0.3 is 19.9 Å². The molecule has 0 amide bonds. The molecule has 9 heteroatoms. The van der Waals surface area contributed by atoms with Crippen molar-refractivity contribution in [2.24, 2.45) is 4.99 Å². The van der Waals surface area contributed by atoms with Crippen molar-refractivity contribution in [1.29, 1.82) is 0 Å². The number of imidazole rings is 1. The van der Waals surface area contributed by atoms with E-state index in [1.165, 1.54) is 0 Å². The van der Waals surface area contributed by atoms with Gasteiger partial charge >= 0.3 is 6.18 Å². The van der Waals surface area contributed by atoms with E-state index in [1.807, 2.05) is 23.8 Å². The normalized spacial score (nSPS) is 12.1. The van der Waals surface area contributed by atoms with Gasteiger partial charge in [0.15, 0.2) is 12.6 Å². The quantitative estimate of drug-likeness (QED) is 0.544. The van der Waals surface area contributed by atoms with Gasteiger partial charge in [0.1, 0.15) is 5.75 Å². The Morgan fingerprint density at radius 1 is 1.30 bits per heavy atom. The third kappa shape index (κ3) is 7.59. The molecule has 6 nitrogen and oxygen atoms in total. The van der Waals surface area contributed by atoms with Crippen LogP contribution < -0.4 is 15.4 Å². The highest BCUT2D eigenvalue weighted by atomic mass is 19.4. The van der Waals surface area contributed by atoms with Crippen LogP contribution in [0, 0.1) is 6.92 Å². The molecule has 27 heavy (non-hydrogen) atoms. The third-order valence-electron chi connectivity index (χ3n) is 3.59. The van der Waals surface area contributed by atoms with Crippen LogP contribution in [0.5, 0.6) is 5.75 Å². The minimum atomic E-state index is -4.38. The molecule has 0 saturated heterocycles. The average molecular weight is 383 g/mol. The highest BCUT2D eigenvalue weighted by Crippen LogP contribution is 2.24. The van der Waals surface area contributed by atoms with Crippen LogP contribution in [0.15, 0.2) is 41.9 Å². The van der Waals surface area contributed by atoms with Crippen molar-refractivity contribution in [2.75, 3.05) is 19.7 Å². The van der Waals surface area contributed by atoms with E-state index in [-0.39, 0.29) is 12.3 Å². The molecular formula is C18H24F3N5O. The summed E-state index contributed by atoms with van der Waals surface area (Å²) >= 11 is 0. The van der Waals surface area contributed by atoms with Gasteiger partial charge in [-0.3, -0.25) is 0 Å². The number of hydrogen-bond acceptors (Lipinski definition) is 3. The minimum Gasteiger partial charge on any atom is -0.484 e. The second kappa shape index (κ2) is 9.84. The number of alkyl halides is 3. The molecule has 0 saturated carbocycles. The summed E-state index contributed by atoms with van der Waals surface area (Å²) in [4.78, 5) is 8.42. The van der Waals surface area contributed by atoms with Crippen molar-refractivity contribution in [3.05, 3.63) is 48.0 Å². The molecule has 1 aromatic carbocycles. The first-order chi connectivity index (χ1) is 12.9. The lowest BCUT2D eigenvalue weighted by molar-refractivity contribution is -0.153. The van der Waals surface area contributed by atoms with Crippen LogP contribution in [0.1, 0.15) is 18.1 Å². The summed E-state index contributed by atoms with van der Waals surface area (Å²) in [5.41, 5.74) is 1.42. The van der Waals surface area contributed by atoms with E-state index in [1.54, 1.807) is 31.6 Å². The van der Waals surface area contributed by atoms with Gasteiger partial charge in [0.05, 0.1) is 12.9 Å². The Morgan fingerprint density at radius 3 is 2.78 bits per heavy atom. The molecule has 1 aromatic heterocycles. The van der Waals surface area contributed by atoms with Crippen molar-refractivity contribution >= 4 is 5.96 Å². The average Bonchev–Trinajstić information content (AvgIpc) is 3.11. The van der Waals surface area contributed by atoms with Gasteiger partial charge in [-0.25, -0.2) is 9.98 Å². The fourth-order valence-corrected chi connectivity index (χ4v) is 2.31. The number of benzene rings is 1. The summed E-state index contributed by atoms with van der Waals surface area (Å²) in [6, 6.07) is 5.15. The summed E-state index contributed by atoms with van der Waals surface area (Å²) in [7, 11) is 0. The van der Waals surface area contributed by atoms with E-state index in [0.717, 1.165) is 12.1 Å². The zero-order chi connectivity index (χ0) is 19.7. The van der Waals surface area contributed by atoms with Crippen molar-refractivity contribution in [2.45, 2.75) is 33.1 Å². The van der Waals surface area contributed by atoms with Crippen LogP contribution in [-0.4, -0.2) is 41.4 Å². The lowest BCUT2D eigenvalue weighted by atomic mass is 10.1. The molecule has 2 rings (SSSR count). The molecule has 1 heterocycles. The summed E-state index contributed by atoms with van der Waals surface area (Å²) in [6.07, 6.45) is 0.915. The Bertz CT molecular complexity index is 729. The second-order valence-electron chi connectivity index (χ2n) is 5.94. The van der Waals surface area contributed by atoms with Crippen molar-refractivity contribution in [3.63, 3.8) is 0 Å². The number of nitrogens with zero attached hydrogens (tertiary/aromatic N) is 3. The SMILES string of the molecule is CCNC(=NCc1ccc(C)cc1OCC(F)(F)F)NCCn1ccnc1. The Labute approximate surface area is 156 Å². The number of hydrogen-bond donors (Lipinski definition) is 2. The van der Waals surface area contributed by atoms with Crippen LogP contribution in [0.2, 0.25) is 0 Å². The standard InChI is InChI=1S/C18H24F3N5O/c1-3-23-17(24-7-9-26-8-6-22-13-26)25-11-15-5-4-14(2)10-16(15)27-12-18(19,20)21/h4-6,8,10,13H,3,7,9,11-12H2,1-2H3,(H2,23,24,25).